The summed E-state index contributed by atoms with van der Waals surface area (Å²) in [6, 6.07) is 0. The van der Waals surface area contributed by atoms with Crippen molar-refractivity contribution in [2.45, 2.75) is 46.6 Å². The number of rotatable bonds is 5. The average Bonchev–Trinajstić information content (AvgIpc) is 2.20. The van der Waals surface area contributed by atoms with Crippen LogP contribution in [0.5, 0.6) is 0 Å². The molecule has 2 N–H and O–H groups in total. The molecular weight excluding hydrogens is 164 g/mol. The Morgan fingerprint density at radius 1 is 1.31 bits per heavy atom. The number of hydrogen-bond acceptors (Lipinski definition) is 2. The summed E-state index contributed by atoms with van der Waals surface area (Å²) in [5, 5.41) is 17.4. The second kappa shape index (κ2) is 11.7. The molecule has 0 saturated carbocycles. The van der Waals surface area contributed by atoms with Crippen LogP contribution in [0.15, 0.2) is 12.2 Å². The van der Waals surface area contributed by atoms with Gasteiger partial charge >= 0.3 is 0 Å². The topological polar surface area (TPSA) is 40.5 Å². The van der Waals surface area contributed by atoms with Crippen LogP contribution in [0.4, 0.5) is 0 Å². The highest BCUT2D eigenvalue weighted by molar-refractivity contribution is 4.88. The van der Waals surface area contributed by atoms with Crippen LogP contribution in [0.2, 0.25) is 0 Å². The van der Waals surface area contributed by atoms with E-state index in [4.69, 9.17) is 10.2 Å². The first-order chi connectivity index (χ1) is 6.20. The van der Waals surface area contributed by atoms with Gasteiger partial charge in [-0.15, -0.1) is 0 Å². The SMILES string of the molecule is CC.CC[C@H](C)C/C=C/C(O)CO. The monoisotopic (exact) mass is 188 g/mol. The Labute approximate surface area is 82.3 Å². The molecule has 0 rings (SSSR count). The second-order valence-corrected chi connectivity index (χ2v) is 2.93. The molecule has 13 heavy (non-hydrogen) atoms. The van der Waals surface area contributed by atoms with Gasteiger partial charge in [-0.25, -0.2) is 0 Å². The van der Waals surface area contributed by atoms with Crippen LogP contribution >= 0.6 is 0 Å². The summed E-state index contributed by atoms with van der Waals surface area (Å²) >= 11 is 0. The van der Waals surface area contributed by atoms with Gasteiger partial charge in [-0.05, 0) is 12.3 Å². The average molecular weight is 188 g/mol. The van der Waals surface area contributed by atoms with Crippen molar-refractivity contribution < 1.29 is 10.2 Å². The number of aliphatic hydroxyl groups is 2. The molecule has 0 amide bonds. The molecule has 2 heteroatoms. The van der Waals surface area contributed by atoms with Crippen LogP contribution in [-0.2, 0) is 0 Å². The highest BCUT2D eigenvalue weighted by atomic mass is 16.3. The second-order valence-electron chi connectivity index (χ2n) is 2.93. The maximum Gasteiger partial charge on any atom is 0.0951 e. The van der Waals surface area contributed by atoms with E-state index in [9.17, 15) is 0 Å². The molecule has 0 saturated heterocycles. The summed E-state index contributed by atoms with van der Waals surface area (Å²) in [6.07, 6.45) is 5.02. The van der Waals surface area contributed by atoms with Gasteiger partial charge in [0.15, 0.2) is 0 Å². The quantitative estimate of drug-likeness (QED) is 0.650. The lowest BCUT2D eigenvalue weighted by Crippen LogP contribution is -2.07. The molecule has 2 nitrogen and oxygen atoms in total. The summed E-state index contributed by atoms with van der Waals surface area (Å²) in [7, 11) is 0. The minimum absolute atomic E-state index is 0.184. The minimum Gasteiger partial charge on any atom is -0.393 e. The highest BCUT2D eigenvalue weighted by Crippen LogP contribution is 2.06. The van der Waals surface area contributed by atoms with Gasteiger partial charge in [0, 0.05) is 0 Å². The van der Waals surface area contributed by atoms with Crippen LogP contribution in [0.3, 0.4) is 0 Å². The largest absolute Gasteiger partial charge is 0.393 e. The van der Waals surface area contributed by atoms with Crippen LogP contribution in [0.1, 0.15) is 40.5 Å². The predicted molar refractivity (Wildman–Crippen MR) is 57.7 cm³/mol. The van der Waals surface area contributed by atoms with E-state index in [2.05, 4.69) is 13.8 Å². The normalized spacial score (nSPS) is 14.9. The molecule has 1 unspecified atom stereocenters. The molecular formula is C11H24O2. The van der Waals surface area contributed by atoms with E-state index in [1.807, 2.05) is 19.9 Å². The maximum atomic E-state index is 8.91. The van der Waals surface area contributed by atoms with Crippen molar-refractivity contribution >= 4 is 0 Å². The Morgan fingerprint density at radius 3 is 2.23 bits per heavy atom. The summed E-state index contributed by atoms with van der Waals surface area (Å²) in [5.41, 5.74) is 0. The highest BCUT2D eigenvalue weighted by Gasteiger charge is 1.96. The van der Waals surface area contributed by atoms with Crippen LogP contribution in [0.25, 0.3) is 0 Å². The number of allylic oxidation sites excluding steroid dienone is 1. The lowest BCUT2D eigenvalue weighted by Gasteiger charge is -2.03. The van der Waals surface area contributed by atoms with Crippen molar-refractivity contribution in [3.8, 4) is 0 Å². The first kappa shape index (κ1) is 15.1. The van der Waals surface area contributed by atoms with E-state index >= 15 is 0 Å². The van der Waals surface area contributed by atoms with Gasteiger partial charge in [-0.1, -0.05) is 46.3 Å². The molecule has 0 heterocycles. The molecule has 0 radical (unpaired) electrons. The third-order valence-electron chi connectivity index (χ3n) is 1.78. The first-order valence-corrected chi connectivity index (χ1v) is 5.16. The standard InChI is InChI=1S/C9H18O2.C2H6/c1-3-8(2)5-4-6-9(11)7-10;1-2/h4,6,8-11H,3,5,7H2,1-2H3;1-2H3/b6-4+;/t8-,9?;/m0./s1. The molecule has 0 bridgehead atoms. The number of aliphatic hydroxyl groups excluding tert-OH is 2. The summed E-state index contributed by atoms with van der Waals surface area (Å²) in [6.45, 7) is 8.12. The fourth-order valence-corrected chi connectivity index (χ4v) is 0.695. The van der Waals surface area contributed by atoms with Gasteiger partial charge in [0.25, 0.3) is 0 Å². The third kappa shape index (κ3) is 11.7. The predicted octanol–water partition coefficient (Wildman–Crippen LogP) is 2.36. The van der Waals surface area contributed by atoms with Crippen molar-refractivity contribution in [1.82, 2.24) is 0 Å². The zero-order valence-electron chi connectivity index (χ0n) is 9.33. The van der Waals surface area contributed by atoms with Gasteiger partial charge in [0.2, 0.25) is 0 Å². The van der Waals surface area contributed by atoms with Crippen molar-refractivity contribution in [2.75, 3.05) is 6.61 Å². The molecule has 0 spiro atoms. The minimum atomic E-state index is -0.681. The molecule has 0 aromatic rings. The fraction of sp³-hybridized carbons (Fsp3) is 0.818. The lowest BCUT2D eigenvalue weighted by molar-refractivity contribution is 0.131. The molecule has 2 atom stereocenters. The first-order valence-electron chi connectivity index (χ1n) is 5.16. The van der Waals surface area contributed by atoms with Gasteiger partial charge in [-0.2, -0.15) is 0 Å². The van der Waals surface area contributed by atoms with E-state index in [0.29, 0.717) is 5.92 Å². The zero-order chi connectivity index (χ0) is 10.7. The Kier molecular flexibility index (Phi) is 13.6. The van der Waals surface area contributed by atoms with Crippen molar-refractivity contribution in [1.29, 1.82) is 0 Å². The van der Waals surface area contributed by atoms with Crippen molar-refractivity contribution in [2.24, 2.45) is 5.92 Å². The van der Waals surface area contributed by atoms with Crippen LogP contribution in [-0.4, -0.2) is 22.9 Å². The smallest absolute Gasteiger partial charge is 0.0951 e. The Bertz CT molecular complexity index is 111. The molecule has 0 aliphatic rings. The van der Waals surface area contributed by atoms with E-state index in [-0.39, 0.29) is 6.61 Å². The summed E-state index contributed by atoms with van der Waals surface area (Å²) < 4.78 is 0. The van der Waals surface area contributed by atoms with Crippen molar-refractivity contribution in [3.63, 3.8) is 0 Å². The third-order valence-corrected chi connectivity index (χ3v) is 1.78. The Balaban J connectivity index is 0. The molecule has 0 aromatic heterocycles. The summed E-state index contributed by atoms with van der Waals surface area (Å²) in [4.78, 5) is 0. The van der Waals surface area contributed by atoms with Crippen molar-refractivity contribution in [3.05, 3.63) is 12.2 Å². The van der Waals surface area contributed by atoms with E-state index in [1.54, 1.807) is 6.08 Å². The van der Waals surface area contributed by atoms with Gasteiger partial charge < -0.3 is 10.2 Å². The Hall–Kier alpha value is -0.340. The molecule has 0 aliphatic heterocycles. The van der Waals surface area contributed by atoms with E-state index < -0.39 is 6.10 Å². The van der Waals surface area contributed by atoms with E-state index in [1.165, 1.54) is 0 Å². The molecule has 0 aromatic carbocycles. The van der Waals surface area contributed by atoms with Gasteiger partial charge in [-0.3, -0.25) is 0 Å². The van der Waals surface area contributed by atoms with Crippen LogP contribution in [0, 0.1) is 5.92 Å². The lowest BCUT2D eigenvalue weighted by atomic mass is 10.0. The Morgan fingerprint density at radius 2 is 1.85 bits per heavy atom. The summed E-state index contributed by atoms with van der Waals surface area (Å²) in [5.74, 6) is 0.664. The van der Waals surface area contributed by atoms with E-state index in [0.717, 1.165) is 12.8 Å². The number of hydrogen-bond donors (Lipinski definition) is 2. The fourth-order valence-electron chi connectivity index (χ4n) is 0.695. The molecule has 0 aliphatic carbocycles. The maximum absolute atomic E-state index is 8.91. The zero-order valence-corrected chi connectivity index (χ0v) is 9.33. The van der Waals surface area contributed by atoms with Crippen LogP contribution < -0.4 is 0 Å². The molecule has 80 valence electrons. The molecule has 0 fully saturated rings. The van der Waals surface area contributed by atoms with Gasteiger partial charge in [0.05, 0.1) is 12.7 Å². The van der Waals surface area contributed by atoms with Gasteiger partial charge in [0.1, 0.15) is 0 Å².